The third-order valence-corrected chi connectivity index (χ3v) is 5.40. The molecule has 0 bridgehead atoms. The topological polar surface area (TPSA) is 24.9 Å². The van der Waals surface area contributed by atoms with Gasteiger partial charge in [-0.25, -0.2) is 4.98 Å². The zero-order chi connectivity index (χ0) is 17.1. The number of benzene rings is 4. The van der Waals surface area contributed by atoms with Gasteiger partial charge in [0.05, 0.1) is 16.7 Å². The van der Waals surface area contributed by atoms with Crippen LogP contribution in [0.3, 0.4) is 0 Å². The lowest BCUT2D eigenvalue weighted by atomic mass is 9.92. The molecule has 1 aliphatic heterocycles. The number of nitrogens with one attached hydrogen (secondary N) is 1. The number of hydrogen-bond donors (Lipinski definition) is 1. The molecule has 0 unspecified atom stereocenters. The second-order valence-electron chi connectivity index (χ2n) is 6.86. The van der Waals surface area contributed by atoms with Crippen molar-refractivity contribution in [2.75, 3.05) is 11.9 Å². The van der Waals surface area contributed by atoms with Crippen molar-refractivity contribution in [3.63, 3.8) is 0 Å². The summed E-state index contributed by atoms with van der Waals surface area (Å²) in [6.07, 6.45) is 4.40. The molecule has 2 nitrogen and oxygen atoms in total. The van der Waals surface area contributed by atoms with E-state index >= 15 is 0 Å². The summed E-state index contributed by atoms with van der Waals surface area (Å²) in [5.41, 5.74) is 4.52. The molecule has 0 fully saturated rings. The highest BCUT2D eigenvalue weighted by Crippen LogP contribution is 2.42. The molecule has 0 saturated heterocycles. The Kier molecular flexibility index (Phi) is 2.69. The van der Waals surface area contributed by atoms with Crippen LogP contribution in [0.1, 0.15) is 5.56 Å². The first-order chi connectivity index (χ1) is 12.9. The van der Waals surface area contributed by atoms with E-state index in [1.54, 1.807) is 0 Å². The number of rotatable bonds is 0. The smallest absolute Gasteiger partial charge is 0.0809 e. The van der Waals surface area contributed by atoms with Crippen LogP contribution in [0.4, 0.5) is 5.69 Å². The summed E-state index contributed by atoms with van der Waals surface area (Å²) in [6.45, 7) is 0.852. The zero-order valence-electron chi connectivity index (χ0n) is 14.2. The molecule has 0 spiro atoms. The van der Waals surface area contributed by atoms with Gasteiger partial charge in [0.2, 0.25) is 0 Å². The molecule has 2 heteroatoms. The monoisotopic (exact) mass is 332 g/mol. The number of hydrogen-bond acceptors (Lipinski definition) is 2. The predicted molar refractivity (Wildman–Crippen MR) is 112 cm³/mol. The summed E-state index contributed by atoms with van der Waals surface area (Å²) in [4.78, 5) is 5.03. The number of anilines is 1. The van der Waals surface area contributed by atoms with Crippen molar-refractivity contribution >= 4 is 55.1 Å². The van der Waals surface area contributed by atoms with Gasteiger partial charge in [-0.05, 0) is 28.3 Å². The highest BCUT2D eigenvalue weighted by molar-refractivity contribution is 6.25. The van der Waals surface area contributed by atoms with Gasteiger partial charge in [-0.2, -0.15) is 0 Å². The van der Waals surface area contributed by atoms with Gasteiger partial charge in [0, 0.05) is 28.3 Å². The third kappa shape index (κ3) is 1.79. The molecule has 6 rings (SSSR count). The Morgan fingerprint density at radius 3 is 2.58 bits per heavy atom. The Bertz CT molecular complexity index is 1380. The Labute approximate surface area is 150 Å². The van der Waals surface area contributed by atoms with E-state index in [0.717, 1.165) is 17.6 Å². The van der Waals surface area contributed by atoms with Crippen LogP contribution in [0.15, 0.2) is 72.8 Å². The number of para-hydroxylation sites is 1. The minimum absolute atomic E-state index is 0.852. The third-order valence-electron chi connectivity index (χ3n) is 5.40. The molecular weight excluding hydrogens is 316 g/mol. The van der Waals surface area contributed by atoms with E-state index in [2.05, 4.69) is 84.2 Å². The summed E-state index contributed by atoms with van der Waals surface area (Å²) in [5.74, 6) is 0. The molecule has 0 aliphatic carbocycles. The second-order valence-corrected chi connectivity index (χ2v) is 6.86. The van der Waals surface area contributed by atoms with Crippen LogP contribution in [0, 0.1) is 0 Å². The Morgan fingerprint density at radius 2 is 1.62 bits per heavy atom. The van der Waals surface area contributed by atoms with E-state index in [0.29, 0.717) is 0 Å². The van der Waals surface area contributed by atoms with Gasteiger partial charge in [-0.3, -0.25) is 0 Å². The van der Waals surface area contributed by atoms with Crippen molar-refractivity contribution < 1.29 is 0 Å². The average Bonchev–Trinajstić information content (AvgIpc) is 2.72. The van der Waals surface area contributed by atoms with Crippen molar-refractivity contribution in [2.45, 2.75) is 0 Å². The average molecular weight is 332 g/mol. The van der Waals surface area contributed by atoms with Gasteiger partial charge in [-0.15, -0.1) is 0 Å². The summed E-state index contributed by atoms with van der Waals surface area (Å²) in [6, 6.07) is 23.7. The fourth-order valence-electron chi connectivity index (χ4n) is 4.23. The molecule has 2 heterocycles. The van der Waals surface area contributed by atoms with Crippen LogP contribution >= 0.6 is 0 Å². The Balaban J connectivity index is 1.94. The van der Waals surface area contributed by atoms with Crippen LogP contribution in [0.25, 0.3) is 49.4 Å². The zero-order valence-corrected chi connectivity index (χ0v) is 14.2. The number of fused-ring (bicyclic) bond motifs is 9. The number of aromatic nitrogens is 1. The highest BCUT2D eigenvalue weighted by Gasteiger charge is 2.18. The van der Waals surface area contributed by atoms with Crippen LogP contribution < -0.4 is 5.32 Å². The highest BCUT2D eigenvalue weighted by atomic mass is 14.9. The molecule has 0 radical (unpaired) electrons. The maximum atomic E-state index is 5.03. The van der Waals surface area contributed by atoms with Gasteiger partial charge in [0.25, 0.3) is 0 Å². The SMILES string of the molecule is C1=Cc2c(c3c4ccccc4ccc3c3cc4ccccc4nc23)NC1. The van der Waals surface area contributed by atoms with E-state index in [-0.39, 0.29) is 0 Å². The first kappa shape index (κ1) is 13.9. The van der Waals surface area contributed by atoms with Crippen LogP contribution in [-0.2, 0) is 0 Å². The Morgan fingerprint density at radius 1 is 0.769 bits per heavy atom. The van der Waals surface area contributed by atoms with Crippen molar-refractivity contribution in [2.24, 2.45) is 0 Å². The maximum absolute atomic E-state index is 5.03. The van der Waals surface area contributed by atoms with Gasteiger partial charge >= 0.3 is 0 Å². The summed E-state index contributed by atoms with van der Waals surface area (Å²) >= 11 is 0. The second kappa shape index (κ2) is 5.06. The van der Waals surface area contributed by atoms with E-state index in [4.69, 9.17) is 4.98 Å². The molecular formula is C24H16N2. The molecule has 26 heavy (non-hydrogen) atoms. The van der Waals surface area contributed by atoms with E-state index in [1.165, 1.54) is 43.6 Å². The van der Waals surface area contributed by atoms with E-state index < -0.39 is 0 Å². The molecule has 5 aromatic rings. The molecule has 0 atom stereocenters. The standard InChI is InChI=1S/C24H16N2/c1-3-8-17-15(6-1)11-12-18-20-14-16-7-2-4-10-21(16)26-23(20)19-9-5-13-25-24(19)22(17)18/h1-12,14,25H,13H2. The van der Waals surface area contributed by atoms with Gasteiger partial charge in [-0.1, -0.05) is 66.7 Å². The van der Waals surface area contributed by atoms with Crippen LogP contribution in [-0.4, -0.2) is 11.5 Å². The van der Waals surface area contributed by atoms with Crippen molar-refractivity contribution in [3.05, 3.63) is 78.4 Å². The van der Waals surface area contributed by atoms with Crippen molar-refractivity contribution in [3.8, 4) is 0 Å². The van der Waals surface area contributed by atoms with Gasteiger partial charge in [0.15, 0.2) is 0 Å². The van der Waals surface area contributed by atoms with E-state index in [1.807, 2.05) is 0 Å². The Hall–Kier alpha value is -3.39. The fraction of sp³-hybridized carbons (Fsp3) is 0.0417. The summed E-state index contributed by atoms with van der Waals surface area (Å²) < 4.78 is 0. The maximum Gasteiger partial charge on any atom is 0.0809 e. The van der Waals surface area contributed by atoms with Gasteiger partial charge < -0.3 is 5.32 Å². The van der Waals surface area contributed by atoms with Gasteiger partial charge in [0.1, 0.15) is 0 Å². The lowest BCUT2D eigenvalue weighted by Gasteiger charge is -2.20. The lowest BCUT2D eigenvalue weighted by Crippen LogP contribution is -2.06. The number of nitrogens with zero attached hydrogens (tertiary/aromatic N) is 1. The summed E-state index contributed by atoms with van der Waals surface area (Å²) in [7, 11) is 0. The molecule has 122 valence electrons. The predicted octanol–water partition coefficient (Wildman–Crippen LogP) is 6.13. The normalized spacial score (nSPS) is 13.4. The minimum atomic E-state index is 0.852. The molecule has 0 amide bonds. The molecule has 1 aliphatic rings. The first-order valence-corrected chi connectivity index (χ1v) is 8.97. The molecule has 1 N–H and O–H groups in total. The van der Waals surface area contributed by atoms with Crippen LogP contribution in [0.2, 0.25) is 0 Å². The fourth-order valence-corrected chi connectivity index (χ4v) is 4.23. The van der Waals surface area contributed by atoms with Crippen molar-refractivity contribution in [1.82, 2.24) is 4.98 Å². The molecule has 4 aromatic carbocycles. The van der Waals surface area contributed by atoms with Crippen LogP contribution in [0.5, 0.6) is 0 Å². The minimum Gasteiger partial charge on any atom is -0.380 e. The number of pyridine rings is 1. The molecule has 1 aromatic heterocycles. The largest absolute Gasteiger partial charge is 0.380 e. The van der Waals surface area contributed by atoms with E-state index in [9.17, 15) is 0 Å². The lowest BCUT2D eigenvalue weighted by molar-refractivity contribution is 1.33. The van der Waals surface area contributed by atoms with Crippen molar-refractivity contribution in [1.29, 1.82) is 0 Å². The first-order valence-electron chi connectivity index (χ1n) is 8.97. The quantitative estimate of drug-likeness (QED) is 0.272. The molecule has 0 saturated carbocycles. The summed E-state index contributed by atoms with van der Waals surface area (Å²) in [5, 5.41) is 11.1.